The average molecular weight is 274 g/mol. The zero-order chi connectivity index (χ0) is 13.4. The number of hydrogen-bond acceptors (Lipinski definition) is 3. The Labute approximate surface area is 108 Å². The highest BCUT2D eigenvalue weighted by Gasteiger charge is 2.10. The topological polar surface area (TPSA) is 58.2 Å². The van der Waals surface area contributed by atoms with Crippen molar-refractivity contribution in [2.75, 3.05) is 18.8 Å². The van der Waals surface area contributed by atoms with Gasteiger partial charge in [-0.15, -0.1) is 0 Å². The summed E-state index contributed by atoms with van der Waals surface area (Å²) in [5.41, 5.74) is 0.354. The summed E-state index contributed by atoms with van der Waals surface area (Å²) in [6.45, 7) is 3.45. The third-order valence-corrected chi connectivity index (χ3v) is 3.87. The molecule has 0 saturated carbocycles. The first-order chi connectivity index (χ1) is 8.55. The summed E-state index contributed by atoms with van der Waals surface area (Å²) >= 11 is 0. The van der Waals surface area contributed by atoms with Crippen molar-refractivity contribution in [1.29, 1.82) is 0 Å². The number of rotatable bonds is 8. The molecule has 0 radical (unpaired) electrons. The molecule has 0 heterocycles. The summed E-state index contributed by atoms with van der Waals surface area (Å²) in [4.78, 5) is 0. The minimum Gasteiger partial charge on any atom is -0.317 e. The van der Waals surface area contributed by atoms with E-state index in [1.165, 1.54) is 6.07 Å². The molecule has 102 valence electrons. The van der Waals surface area contributed by atoms with Crippen molar-refractivity contribution in [2.24, 2.45) is 0 Å². The second-order valence-electron chi connectivity index (χ2n) is 3.94. The van der Waals surface area contributed by atoms with Gasteiger partial charge in [0, 0.05) is 12.1 Å². The summed E-state index contributed by atoms with van der Waals surface area (Å²) in [7, 11) is -3.33. The second kappa shape index (κ2) is 7.45. The molecule has 0 saturated heterocycles. The highest BCUT2D eigenvalue weighted by Crippen LogP contribution is 2.06. The fourth-order valence-electron chi connectivity index (χ4n) is 1.47. The van der Waals surface area contributed by atoms with Crippen molar-refractivity contribution in [3.63, 3.8) is 0 Å². The summed E-state index contributed by atoms with van der Waals surface area (Å²) in [6.07, 6.45) is 0.542. The van der Waals surface area contributed by atoms with Crippen LogP contribution in [0.1, 0.15) is 18.9 Å². The van der Waals surface area contributed by atoms with Crippen LogP contribution in [-0.4, -0.2) is 27.3 Å². The van der Waals surface area contributed by atoms with E-state index in [1.807, 2.05) is 6.92 Å². The lowest BCUT2D eigenvalue weighted by Gasteiger charge is -2.07. The molecule has 1 aromatic carbocycles. The van der Waals surface area contributed by atoms with E-state index in [-0.39, 0.29) is 12.3 Å². The van der Waals surface area contributed by atoms with Gasteiger partial charge in [-0.3, -0.25) is 0 Å². The van der Waals surface area contributed by atoms with E-state index < -0.39 is 15.8 Å². The molecule has 0 aliphatic rings. The maximum Gasteiger partial charge on any atom is 0.211 e. The van der Waals surface area contributed by atoms with Crippen LogP contribution in [0.25, 0.3) is 0 Å². The van der Waals surface area contributed by atoms with Crippen LogP contribution in [0.2, 0.25) is 0 Å². The first-order valence-electron chi connectivity index (χ1n) is 5.96. The summed E-state index contributed by atoms with van der Waals surface area (Å²) in [5.74, 6) is -0.345. The molecule has 0 amide bonds. The van der Waals surface area contributed by atoms with Crippen molar-refractivity contribution < 1.29 is 12.8 Å². The highest BCUT2D eigenvalue weighted by molar-refractivity contribution is 7.89. The Morgan fingerprint density at radius 1 is 1.28 bits per heavy atom. The number of benzene rings is 1. The molecule has 1 rings (SSSR count). The van der Waals surface area contributed by atoms with Gasteiger partial charge in [-0.25, -0.2) is 17.5 Å². The van der Waals surface area contributed by atoms with Gasteiger partial charge in [0.25, 0.3) is 0 Å². The molecule has 0 bridgehead atoms. The molecule has 0 unspecified atom stereocenters. The molecule has 0 aromatic heterocycles. The predicted molar refractivity (Wildman–Crippen MR) is 70.2 cm³/mol. The van der Waals surface area contributed by atoms with Crippen molar-refractivity contribution in [3.8, 4) is 0 Å². The van der Waals surface area contributed by atoms with Gasteiger partial charge in [-0.05, 0) is 25.6 Å². The largest absolute Gasteiger partial charge is 0.317 e. The molecular weight excluding hydrogens is 255 g/mol. The van der Waals surface area contributed by atoms with Crippen molar-refractivity contribution in [1.82, 2.24) is 10.0 Å². The SMILES string of the molecule is CCNCCCS(=O)(=O)NCc1ccccc1F. The molecule has 0 aliphatic carbocycles. The van der Waals surface area contributed by atoms with E-state index in [2.05, 4.69) is 10.0 Å². The Morgan fingerprint density at radius 3 is 2.67 bits per heavy atom. The van der Waals surface area contributed by atoms with Gasteiger partial charge in [-0.1, -0.05) is 25.1 Å². The number of nitrogens with one attached hydrogen (secondary N) is 2. The summed E-state index contributed by atoms with van der Waals surface area (Å²) in [5, 5.41) is 3.05. The number of halogens is 1. The maximum atomic E-state index is 13.3. The molecule has 0 fully saturated rings. The monoisotopic (exact) mass is 274 g/mol. The quantitative estimate of drug-likeness (QED) is 0.701. The third-order valence-electron chi connectivity index (χ3n) is 2.46. The molecule has 0 spiro atoms. The van der Waals surface area contributed by atoms with Gasteiger partial charge in [-0.2, -0.15) is 0 Å². The number of sulfonamides is 1. The zero-order valence-electron chi connectivity index (χ0n) is 10.4. The van der Waals surface area contributed by atoms with Gasteiger partial charge >= 0.3 is 0 Å². The fraction of sp³-hybridized carbons (Fsp3) is 0.500. The van der Waals surface area contributed by atoms with Crippen molar-refractivity contribution in [3.05, 3.63) is 35.6 Å². The van der Waals surface area contributed by atoms with E-state index in [9.17, 15) is 12.8 Å². The van der Waals surface area contributed by atoms with Crippen LogP contribution in [0.5, 0.6) is 0 Å². The summed E-state index contributed by atoms with van der Waals surface area (Å²) in [6, 6.07) is 6.13. The summed E-state index contributed by atoms with van der Waals surface area (Å²) < 4.78 is 38.9. The lowest BCUT2D eigenvalue weighted by Crippen LogP contribution is -2.28. The molecule has 18 heavy (non-hydrogen) atoms. The Balaban J connectivity index is 2.40. The Morgan fingerprint density at radius 2 is 2.00 bits per heavy atom. The molecule has 0 atom stereocenters. The smallest absolute Gasteiger partial charge is 0.211 e. The van der Waals surface area contributed by atoms with Crippen LogP contribution in [0.3, 0.4) is 0 Å². The number of hydrogen-bond donors (Lipinski definition) is 2. The highest BCUT2D eigenvalue weighted by atomic mass is 32.2. The molecular formula is C12H19FN2O2S. The minimum absolute atomic E-state index is 0.00376. The van der Waals surface area contributed by atoms with Crippen molar-refractivity contribution in [2.45, 2.75) is 19.9 Å². The predicted octanol–water partition coefficient (Wildman–Crippen LogP) is 1.24. The first kappa shape index (κ1) is 15.1. The van der Waals surface area contributed by atoms with Gasteiger partial charge in [0.1, 0.15) is 5.82 Å². The molecule has 4 nitrogen and oxygen atoms in total. The van der Waals surface area contributed by atoms with Crippen LogP contribution in [-0.2, 0) is 16.6 Å². The van der Waals surface area contributed by atoms with Crippen LogP contribution in [0, 0.1) is 5.82 Å². The standard InChI is InChI=1S/C12H19FN2O2S/c1-2-14-8-5-9-18(16,17)15-10-11-6-3-4-7-12(11)13/h3-4,6-7,14-15H,2,5,8-10H2,1H3. The Bertz CT molecular complexity index is 463. The van der Waals surface area contributed by atoms with Crippen LogP contribution >= 0.6 is 0 Å². The average Bonchev–Trinajstić information content (AvgIpc) is 2.34. The van der Waals surface area contributed by atoms with E-state index >= 15 is 0 Å². The normalized spacial score (nSPS) is 11.7. The molecule has 6 heteroatoms. The molecule has 2 N–H and O–H groups in total. The van der Waals surface area contributed by atoms with E-state index in [0.717, 1.165) is 6.54 Å². The third kappa shape index (κ3) is 5.57. The molecule has 0 aliphatic heterocycles. The van der Waals surface area contributed by atoms with Gasteiger partial charge in [0.05, 0.1) is 5.75 Å². The van der Waals surface area contributed by atoms with Crippen LogP contribution < -0.4 is 10.0 Å². The van der Waals surface area contributed by atoms with E-state index in [1.54, 1.807) is 18.2 Å². The van der Waals surface area contributed by atoms with E-state index in [0.29, 0.717) is 18.5 Å². The fourth-order valence-corrected chi connectivity index (χ4v) is 2.51. The van der Waals surface area contributed by atoms with Crippen molar-refractivity contribution >= 4 is 10.0 Å². The van der Waals surface area contributed by atoms with E-state index in [4.69, 9.17) is 0 Å². The van der Waals surface area contributed by atoms with Gasteiger partial charge in [0.2, 0.25) is 10.0 Å². The minimum atomic E-state index is -3.33. The van der Waals surface area contributed by atoms with Crippen LogP contribution in [0.15, 0.2) is 24.3 Å². The Kier molecular flexibility index (Phi) is 6.24. The zero-order valence-corrected chi connectivity index (χ0v) is 11.3. The Hall–Kier alpha value is -0.980. The lowest BCUT2D eigenvalue weighted by molar-refractivity contribution is 0.569. The van der Waals surface area contributed by atoms with Crippen LogP contribution in [0.4, 0.5) is 4.39 Å². The maximum absolute atomic E-state index is 13.3. The van der Waals surface area contributed by atoms with Gasteiger partial charge in [0.15, 0.2) is 0 Å². The van der Waals surface area contributed by atoms with Gasteiger partial charge < -0.3 is 5.32 Å². The lowest BCUT2D eigenvalue weighted by atomic mass is 10.2. The first-order valence-corrected chi connectivity index (χ1v) is 7.62. The second-order valence-corrected chi connectivity index (χ2v) is 5.86. The molecule has 1 aromatic rings.